The van der Waals surface area contributed by atoms with Crippen molar-refractivity contribution in [2.75, 3.05) is 17.3 Å². The second-order valence-electron chi connectivity index (χ2n) is 3.17. The topological polar surface area (TPSA) is 99.1 Å². The van der Waals surface area contributed by atoms with Crippen LogP contribution in [0.25, 0.3) is 0 Å². The van der Waals surface area contributed by atoms with Crippen LogP contribution in [0, 0.1) is 0 Å². The van der Waals surface area contributed by atoms with Gasteiger partial charge in [-0.1, -0.05) is 18.7 Å². The molecule has 2 N–H and O–H groups in total. The van der Waals surface area contributed by atoms with Gasteiger partial charge in [0, 0.05) is 11.5 Å². The Kier molecular flexibility index (Phi) is 5.23. The standard InChI is InChI=1S/C8H15N3O3S2/c1-2-4-16(12,13)5-3-15-8-11-10-7(6-9)14-8/h2-6,9H2,1H3. The van der Waals surface area contributed by atoms with Gasteiger partial charge < -0.3 is 10.2 Å². The van der Waals surface area contributed by atoms with Gasteiger partial charge in [-0.05, 0) is 6.42 Å². The van der Waals surface area contributed by atoms with E-state index in [1.165, 1.54) is 11.8 Å². The predicted octanol–water partition coefficient (Wildman–Crippen LogP) is 0.445. The summed E-state index contributed by atoms with van der Waals surface area (Å²) in [7, 11) is -2.94. The Balaban J connectivity index is 2.35. The van der Waals surface area contributed by atoms with Gasteiger partial charge in [-0.2, -0.15) is 0 Å². The van der Waals surface area contributed by atoms with Gasteiger partial charge in [-0.15, -0.1) is 10.2 Å². The number of rotatable bonds is 7. The lowest BCUT2D eigenvalue weighted by molar-refractivity contribution is 0.415. The highest BCUT2D eigenvalue weighted by atomic mass is 32.2. The summed E-state index contributed by atoms with van der Waals surface area (Å²) >= 11 is 1.23. The fourth-order valence-corrected chi connectivity index (χ4v) is 3.65. The smallest absolute Gasteiger partial charge is 0.276 e. The Labute approximate surface area is 98.9 Å². The van der Waals surface area contributed by atoms with E-state index in [-0.39, 0.29) is 18.1 Å². The minimum absolute atomic E-state index is 0.131. The molecule has 1 aromatic heterocycles. The SMILES string of the molecule is CCCS(=O)(=O)CCSc1nnc(CN)o1. The first kappa shape index (κ1) is 13.5. The molecule has 0 fully saturated rings. The van der Waals surface area contributed by atoms with Gasteiger partial charge in [-0.3, -0.25) is 0 Å². The number of nitrogens with two attached hydrogens (primary N) is 1. The quantitative estimate of drug-likeness (QED) is 0.714. The second kappa shape index (κ2) is 6.21. The third kappa shape index (κ3) is 4.50. The third-order valence-electron chi connectivity index (χ3n) is 1.76. The molecule has 0 aliphatic heterocycles. The highest BCUT2D eigenvalue weighted by Gasteiger charge is 2.11. The van der Waals surface area contributed by atoms with Crippen molar-refractivity contribution >= 4 is 21.6 Å². The van der Waals surface area contributed by atoms with Gasteiger partial charge in [0.1, 0.15) is 0 Å². The first-order valence-corrected chi connectivity index (χ1v) is 7.73. The van der Waals surface area contributed by atoms with Crippen molar-refractivity contribution in [2.24, 2.45) is 5.73 Å². The van der Waals surface area contributed by atoms with Crippen LogP contribution in [0.2, 0.25) is 0 Å². The number of aromatic nitrogens is 2. The molecule has 0 saturated carbocycles. The van der Waals surface area contributed by atoms with Gasteiger partial charge in [0.25, 0.3) is 5.22 Å². The van der Waals surface area contributed by atoms with Gasteiger partial charge in [0.05, 0.1) is 12.3 Å². The van der Waals surface area contributed by atoms with E-state index in [1.54, 1.807) is 0 Å². The summed E-state index contributed by atoms with van der Waals surface area (Å²) in [5.74, 6) is 1.14. The van der Waals surface area contributed by atoms with Crippen LogP contribution in [-0.2, 0) is 16.4 Å². The van der Waals surface area contributed by atoms with E-state index in [4.69, 9.17) is 10.2 Å². The fourth-order valence-electron chi connectivity index (χ4n) is 1.05. The molecule has 1 heterocycles. The predicted molar refractivity (Wildman–Crippen MR) is 61.9 cm³/mol. The molecule has 1 rings (SSSR count). The monoisotopic (exact) mass is 265 g/mol. The lowest BCUT2D eigenvalue weighted by Crippen LogP contribution is -2.12. The van der Waals surface area contributed by atoms with E-state index in [0.29, 0.717) is 23.3 Å². The van der Waals surface area contributed by atoms with E-state index < -0.39 is 9.84 Å². The Morgan fingerprint density at radius 1 is 1.38 bits per heavy atom. The molecular formula is C8H15N3O3S2. The van der Waals surface area contributed by atoms with E-state index in [0.717, 1.165) is 0 Å². The normalized spacial score (nSPS) is 11.9. The van der Waals surface area contributed by atoms with Crippen molar-refractivity contribution in [1.29, 1.82) is 0 Å². The molecule has 92 valence electrons. The summed E-state index contributed by atoms with van der Waals surface area (Å²) in [6.45, 7) is 2.04. The largest absolute Gasteiger partial charge is 0.415 e. The Morgan fingerprint density at radius 2 is 2.12 bits per heavy atom. The number of thioether (sulfide) groups is 1. The minimum atomic E-state index is -2.94. The average Bonchev–Trinajstić information content (AvgIpc) is 2.65. The van der Waals surface area contributed by atoms with Gasteiger partial charge in [0.15, 0.2) is 9.84 Å². The maximum absolute atomic E-state index is 11.4. The number of hydrogen-bond donors (Lipinski definition) is 1. The number of hydrogen-bond acceptors (Lipinski definition) is 7. The van der Waals surface area contributed by atoms with Crippen molar-refractivity contribution in [3.63, 3.8) is 0 Å². The van der Waals surface area contributed by atoms with Crippen molar-refractivity contribution in [3.05, 3.63) is 5.89 Å². The van der Waals surface area contributed by atoms with E-state index in [2.05, 4.69) is 10.2 Å². The van der Waals surface area contributed by atoms with E-state index >= 15 is 0 Å². The zero-order valence-corrected chi connectivity index (χ0v) is 10.7. The summed E-state index contributed by atoms with van der Waals surface area (Å²) in [5, 5.41) is 7.77. The van der Waals surface area contributed by atoms with E-state index in [1.807, 2.05) is 6.92 Å². The van der Waals surface area contributed by atoms with Crippen LogP contribution < -0.4 is 5.73 Å². The summed E-state index contributed by atoms with van der Waals surface area (Å²) in [6, 6.07) is 0. The first-order valence-electron chi connectivity index (χ1n) is 4.93. The molecule has 0 aliphatic carbocycles. The lowest BCUT2D eigenvalue weighted by atomic mass is 10.6. The zero-order chi connectivity index (χ0) is 12.0. The average molecular weight is 265 g/mol. The highest BCUT2D eigenvalue weighted by Crippen LogP contribution is 2.16. The Morgan fingerprint density at radius 3 is 2.69 bits per heavy atom. The summed E-state index contributed by atoms with van der Waals surface area (Å²) in [4.78, 5) is 0. The van der Waals surface area contributed by atoms with Crippen molar-refractivity contribution in [3.8, 4) is 0 Å². The van der Waals surface area contributed by atoms with Gasteiger partial charge in [0.2, 0.25) is 5.89 Å². The Hall–Kier alpha value is -0.600. The van der Waals surface area contributed by atoms with E-state index in [9.17, 15) is 8.42 Å². The molecule has 0 saturated heterocycles. The summed E-state index contributed by atoms with van der Waals surface area (Å²) in [6.07, 6.45) is 0.644. The molecule has 0 amide bonds. The zero-order valence-electron chi connectivity index (χ0n) is 9.05. The van der Waals surface area contributed by atoms with Crippen LogP contribution in [0.1, 0.15) is 19.2 Å². The lowest BCUT2D eigenvalue weighted by Gasteiger charge is -1.99. The molecule has 0 radical (unpaired) electrons. The second-order valence-corrected chi connectivity index (χ2v) is 6.52. The van der Waals surface area contributed by atoms with Crippen LogP contribution in [-0.4, -0.2) is 35.9 Å². The van der Waals surface area contributed by atoms with Crippen molar-refractivity contribution in [2.45, 2.75) is 25.1 Å². The molecule has 0 spiro atoms. The van der Waals surface area contributed by atoms with Crippen LogP contribution in [0.15, 0.2) is 9.64 Å². The molecular weight excluding hydrogens is 250 g/mol. The number of nitrogens with zero attached hydrogens (tertiary/aromatic N) is 2. The molecule has 6 nitrogen and oxygen atoms in total. The molecule has 0 aliphatic rings. The Bertz CT molecular complexity index is 416. The number of sulfone groups is 1. The first-order chi connectivity index (χ1) is 7.57. The fraction of sp³-hybridized carbons (Fsp3) is 0.750. The molecule has 0 aromatic carbocycles. The highest BCUT2D eigenvalue weighted by molar-refractivity contribution is 8.00. The maximum atomic E-state index is 11.4. The minimum Gasteiger partial charge on any atom is -0.415 e. The molecule has 16 heavy (non-hydrogen) atoms. The molecule has 0 bridgehead atoms. The third-order valence-corrected chi connectivity index (χ3v) is 4.69. The van der Waals surface area contributed by atoms with Crippen molar-refractivity contribution < 1.29 is 12.8 Å². The molecule has 0 atom stereocenters. The molecule has 8 heteroatoms. The summed E-state index contributed by atoms with van der Waals surface area (Å²) in [5.41, 5.74) is 5.30. The van der Waals surface area contributed by atoms with Gasteiger partial charge >= 0.3 is 0 Å². The summed E-state index contributed by atoms with van der Waals surface area (Å²) < 4.78 is 27.9. The molecule has 0 unspecified atom stereocenters. The van der Waals surface area contributed by atoms with Crippen LogP contribution in [0.3, 0.4) is 0 Å². The van der Waals surface area contributed by atoms with Crippen molar-refractivity contribution in [1.82, 2.24) is 10.2 Å². The van der Waals surface area contributed by atoms with Crippen LogP contribution in [0.5, 0.6) is 0 Å². The van der Waals surface area contributed by atoms with Crippen LogP contribution in [0.4, 0.5) is 0 Å². The maximum Gasteiger partial charge on any atom is 0.276 e. The van der Waals surface area contributed by atoms with Gasteiger partial charge in [-0.25, -0.2) is 8.42 Å². The molecule has 1 aromatic rings. The van der Waals surface area contributed by atoms with Crippen LogP contribution >= 0.6 is 11.8 Å².